The van der Waals surface area contributed by atoms with Crippen LogP contribution in [0.15, 0.2) is 0 Å². The fourth-order valence-electron chi connectivity index (χ4n) is 0.522. The molecule has 66 valence electrons. The van der Waals surface area contributed by atoms with Crippen LogP contribution in [-0.4, -0.2) is 16.9 Å². The zero-order valence-electron chi connectivity index (χ0n) is 7.26. The molecular formula is C8H15BrO2. The highest BCUT2D eigenvalue weighted by Gasteiger charge is 2.15. The molecule has 0 heterocycles. The summed E-state index contributed by atoms with van der Waals surface area (Å²) >= 11 is 3.23. The minimum Gasteiger partial charge on any atom is -0.462 e. The Labute approximate surface area is 76.4 Å². The summed E-state index contributed by atoms with van der Waals surface area (Å²) in [6, 6.07) is 0. The summed E-state index contributed by atoms with van der Waals surface area (Å²) < 4.78 is 5.07. The van der Waals surface area contributed by atoms with E-state index < -0.39 is 0 Å². The highest BCUT2D eigenvalue weighted by molar-refractivity contribution is 9.10. The lowest BCUT2D eigenvalue weighted by Crippen LogP contribution is -2.21. The molecule has 0 bridgehead atoms. The maximum atomic E-state index is 11.1. The van der Waals surface area contributed by atoms with Gasteiger partial charge in [0.15, 0.2) is 0 Å². The maximum absolute atomic E-state index is 11.1. The molecule has 0 saturated carbocycles. The molecule has 2 unspecified atom stereocenters. The Bertz CT molecular complexity index is 125. The van der Waals surface area contributed by atoms with Crippen LogP contribution in [0.5, 0.6) is 0 Å². The summed E-state index contributed by atoms with van der Waals surface area (Å²) in [6.07, 6.45) is 1.68. The molecule has 0 amide bonds. The maximum Gasteiger partial charge on any atom is 0.319 e. The predicted molar refractivity (Wildman–Crippen MR) is 48.9 cm³/mol. The number of ether oxygens (including phenoxy) is 1. The topological polar surface area (TPSA) is 26.3 Å². The van der Waals surface area contributed by atoms with Crippen LogP contribution in [0.1, 0.15) is 33.6 Å². The van der Waals surface area contributed by atoms with Crippen molar-refractivity contribution in [1.29, 1.82) is 0 Å². The van der Waals surface area contributed by atoms with Crippen molar-refractivity contribution in [2.75, 3.05) is 0 Å². The normalized spacial score (nSPS) is 15.6. The second-order valence-electron chi connectivity index (χ2n) is 2.53. The highest BCUT2D eigenvalue weighted by Crippen LogP contribution is 2.08. The number of carbonyl (C=O) groups excluding carboxylic acids is 1. The van der Waals surface area contributed by atoms with Crippen LogP contribution in [0, 0.1) is 0 Å². The molecule has 0 aromatic rings. The summed E-state index contributed by atoms with van der Waals surface area (Å²) in [5.41, 5.74) is 0. The number of carbonyl (C=O) groups is 1. The standard InChI is InChI=1S/C8H15BrO2/c1-4-6(3)11-8(10)7(9)5-2/h6-7H,4-5H2,1-3H3. The van der Waals surface area contributed by atoms with Crippen molar-refractivity contribution in [3.05, 3.63) is 0 Å². The molecular weight excluding hydrogens is 208 g/mol. The largest absolute Gasteiger partial charge is 0.462 e. The monoisotopic (exact) mass is 222 g/mol. The van der Waals surface area contributed by atoms with E-state index >= 15 is 0 Å². The van der Waals surface area contributed by atoms with E-state index in [0.29, 0.717) is 0 Å². The van der Waals surface area contributed by atoms with Crippen LogP contribution in [0.3, 0.4) is 0 Å². The first-order valence-corrected chi connectivity index (χ1v) is 4.87. The van der Waals surface area contributed by atoms with Crippen molar-refractivity contribution < 1.29 is 9.53 Å². The second-order valence-corrected chi connectivity index (χ2v) is 3.64. The first-order valence-electron chi connectivity index (χ1n) is 3.96. The van der Waals surface area contributed by atoms with Crippen molar-refractivity contribution in [2.24, 2.45) is 0 Å². The second kappa shape index (κ2) is 5.58. The van der Waals surface area contributed by atoms with Gasteiger partial charge in [0.05, 0.1) is 6.10 Å². The molecule has 0 aliphatic heterocycles. The van der Waals surface area contributed by atoms with Gasteiger partial charge in [-0.3, -0.25) is 4.79 Å². The Morgan fingerprint density at radius 1 is 1.45 bits per heavy atom. The van der Waals surface area contributed by atoms with Gasteiger partial charge in [0.1, 0.15) is 4.83 Å². The summed E-state index contributed by atoms with van der Waals surface area (Å²) in [5.74, 6) is -0.151. The molecule has 0 aliphatic rings. The van der Waals surface area contributed by atoms with Crippen LogP contribution in [0.25, 0.3) is 0 Å². The smallest absolute Gasteiger partial charge is 0.319 e. The fraction of sp³-hybridized carbons (Fsp3) is 0.875. The Balaban J connectivity index is 3.68. The fourth-order valence-corrected chi connectivity index (χ4v) is 0.630. The molecule has 0 aliphatic carbocycles. The van der Waals surface area contributed by atoms with Crippen molar-refractivity contribution in [1.82, 2.24) is 0 Å². The quantitative estimate of drug-likeness (QED) is 0.540. The summed E-state index contributed by atoms with van der Waals surface area (Å²) in [7, 11) is 0. The van der Waals surface area contributed by atoms with Gasteiger partial charge in [-0.05, 0) is 19.8 Å². The number of halogens is 1. The average molecular weight is 223 g/mol. The molecule has 3 heteroatoms. The lowest BCUT2D eigenvalue weighted by atomic mass is 10.3. The molecule has 0 N–H and O–H groups in total. The van der Waals surface area contributed by atoms with Gasteiger partial charge in [-0.1, -0.05) is 29.8 Å². The first kappa shape index (κ1) is 11.0. The van der Waals surface area contributed by atoms with E-state index in [4.69, 9.17) is 4.74 Å². The van der Waals surface area contributed by atoms with Crippen LogP contribution in [-0.2, 0) is 9.53 Å². The molecule has 0 radical (unpaired) electrons. The van der Waals surface area contributed by atoms with E-state index in [0.717, 1.165) is 12.8 Å². The molecule has 2 nitrogen and oxygen atoms in total. The van der Waals surface area contributed by atoms with Gasteiger partial charge in [-0.25, -0.2) is 0 Å². The van der Waals surface area contributed by atoms with E-state index in [2.05, 4.69) is 15.9 Å². The third kappa shape index (κ3) is 4.40. The number of alkyl halides is 1. The van der Waals surface area contributed by atoms with E-state index in [1.807, 2.05) is 20.8 Å². The Hall–Kier alpha value is -0.0500. The van der Waals surface area contributed by atoms with Gasteiger partial charge in [0, 0.05) is 0 Å². The van der Waals surface area contributed by atoms with Crippen molar-refractivity contribution >= 4 is 21.9 Å². The summed E-state index contributed by atoms with van der Waals surface area (Å²) in [5, 5.41) is 0. The van der Waals surface area contributed by atoms with Crippen molar-refractivity contribution in [3.63, 3.8) is 0 Å². The van der Waals surface area contributed by atoms with Crippen LogP contribution in [0.2, 0.25) is 0 Å². The van der Waals surface area contributed by atoms with Gasteiger partial charge >= 0.3 is 5.97 Å². The number of esters is 1. The van der Waals surface area contributed by atoms with Crippen LogP contribution in [0.4, 0.5) is 0 Å². The van der Waals surface area contributed by atoms with E-state index in [-0.39, 0.29) is 16.9 Å². The summed E-state index contributed by atoms with van der Waals surface area (Å²) in [4.78, 5) is 10.9. The first-order chi connectivity index (χ1) is 5.11. The highest BCUT2D eigenvalue weighted by atomic mass is 79.9. The van der Waals surface area contributed by atoms with E-state index in [1.165, 1.54) is 0 Å². The average Bonchev–Trinajstić information content (AvgIpc) is 2.02. The molecule has 0 rings (SSSR count). The number of hydrogen-bond donors (Lipinski definition) is 0. The summed E-state index contributed by atoms with van der Waals surface area (Å²) in [6.45, 7) is 5.83. The minimum atomic E-state index is -0.151. The van der Waals surface area contributed by atoms with Gasteiger partial charge in [-0.15, -0.1) is 0 Å². The SMILES string of the molecule is CCC(C)OC(=O)C(Br)CC. The number of hydrogen-bond acceptors (Lipinski definition) is 2. The van der Waals surface area contributed by atoms with Crippen molar-refractivity contribution in [2.45, 2.75) is 44.5 Å². The lowest BCUT2D eigenvalue weighted by Gasteiger charge is -2.12. The molecule has 0 aromatic carbocycles. The Morgan fingerprint density at radius 3 is 2.36 bits per heavy atom. The third-order valence-corrected chi connectivity index (χ3v) is 2.53. The van der Waals surface area contributed by atoms with Gasteiger partial charge in [-0.2, -0.15) is 0 Å². The molecule has 0 saturated heterocycles. The van der Waals surface area contributed by atoms with Gasteiger partial charge in [0.25, 0.3) is 0 Å². The Kier molecular flexibility index (Phi) is 5.56. The van der Waals surface area contributed by atoms with Crippen molar-refractivity contribution in [3.8, 4) is 0 Å². The van der Waals surface area contributed by atoms with Crippen LogP contribution >= 0.6 is 15.9 Å². The molecule has 0 aromatic heterocycles. The molecule has 2 atom stereocenters. The third-order valence-electron chi connectivity index (χ3n) is 1.51. The minimum absolute atomic E-state index is 0.0362. The van der Waals surface area contributed by atoms with E-state index in [9.17, 15) is 4.79 Å². The lowest BCUT2D eigenvalue weighted by molar-refractivity contribution is -0.147. The molecule has 0 spiro atoms. The van der Waals surface area contributed by atoms with E-state index in [1.54, 1.807) is 0 Å². The zero-order valence-corrected chi connectivity index (χ0v) is 8.85. The number of rotatable bonds is 4. The van der Waals surface area contributed by atoms with Gasteiger partial charge in [0.2, 0.25) is 0 Å². The zero-order chi connectivity index (χ0) is 8.85. The molecule has 11 heavy (non-hydrogen) atoms. The Morgan fingerprint density at radius 2 is 2.00 bits per heavy atom. The van der Waals surface area contributed by atoms with Crippen LogP contribution < -0.4 is 0 Å². The predicted octanol–water partition coefficient (Wildman–Crippen LogP) is 2.50. The molecule has 0 fully saturated rings. The van der Waals surface area contributed by atoms with Gasteiger partial charge < -0.3 is 4.74 Å².